The van der Waals surface area contributed by atoms with Gasteiger partial charge < -0.3 is 9.47 Å². The van der Waals surface area contributed by atoms with Gasteiger partial charge in [-0.1, -0.05) is 96.6 Å². The van der Waals surface area contributed by atoms with Crippen molar-refractivity contribution in [3.8, 4) is 11.3 Å². The molecule has 0 spiro atoms. The number of hydrazine groups is 1. The number of para-hydroxylation sites is 1. The van der Waals surface area contributed by atoms with Crippen molar-refractivity contribution in [3.05, 3.63) is 131 Å². The number of nitrogens with one attached hydrogen (secondary N) is 2. The summed E-state index contributed by atoms with van der Waals surface area (Å²) in [4.78, 5) is 41.7. The number of nitrogens with zero attached hydrogens (tertiary/aromatic N) is 2. The fraction of sp³-hybridized carbons (Fsp3) is 0.171. The molecule has 210 valence electrons. The molecule has 0 bridgehead atoms. The molecule has 1 aliphatic rings. The number of hydrogen-bond donors (Lipinski definition) is 2. The van der Waals surface area contributed by atoms with Crippen LogP contribution in [0.4, 0.5) is 0 Å². The fourth-order valence-corrected chi connectivity index (χ4v) is 5.98. The van der Waals surface area contributed by atoms with E-state index in [-0.39, 0.29) is 18.2 Å². The van der Waals surface area contributed by atoms with Crippen LogP contribution >= 0.6 is 0 Å². The van der Waals surface area contributed by atoms with Gasteiger partial charge in [-0.3, -0.25) is 25.2 Å². The number of amides is 3. The Hall–Kier alpha value is -5.17. The third-order valence-electron chi connectivity index (χ3n) is 8.07. The number of benzene rings is 4. The Kier molecular flexibility index (Phi) is 7.08. The molecule has 2 heterocycles. The molecule has 2 N–H and O–H groups in total. The van der Waals surface area contributed by atoms with Crippen LogP contribution in [0.25, 0.3) is 22.2 Å². The van der Waals surface area contributed by atoms with Crippen LogP contribution in [-0.2, 0) is 23.1 Å². The fourth-order valence-electron chi connectivity index (χ4n) is 5.98. The number of aryl methyl sites for hydroxylation is 2. The maximum Gasteiger partial charge on any atom is 0.260 e. The molecule has 6 rings (SSSR count). The number of carbonyl (C=O) groups is 3. The Balaban J connectivity index is 1.40. The van der Waals surface area contributed by atoms with Crippen molar-refractivity contribution in [2.45, 2.75) is 32.4 Å². The average Bonchev–Trinajstić information content (AvgIpc) is 3.47. The van der Waals surface area contributed by atoms with Gasteiger partial charge in [0.15, 0.2) is 0 Å². The van der Waals surface area contributed by atoms with E-state index in [4.69, 9.17) is 0 Å². The molecule has 0 aliphatic carbocycles. The minimum absolute atomic E-state index is 0.127. The number of hydrogen-bond acceptors (Lipinski definition) is 3. The van der Waals surface area contributed by atoms with Crippen LogP contribution in [0, 0.1) is 6.92 Å². The summed E-state index contributed by atoms with van der Waals surface area (Å²) in [6.07, 6.45) is 0.127. The molecule has 3 amide bonds. The zero-order valence-corrected chi connectivity index (χ0v) is 23.8. The molecule has 4 aromatic carbocycles. The van der Waals surface area contributed by atoms with Crippen LogP contribution < -0.4 is 10.9 Å². The molecule has 0 fully saturated rings. The number of fused-ring (bicyclic) bond motifs is 2. The van der Waals surface area contributed by atoms with Crippen LogP contribution in [0.15, 0.2) is 103 Å². The molecule has 42 heavy (non-hydrogen) atoms. The monoisotopic (exact) mass is 556 g/mol. The summed E-state index contributed by atoms with van der Waals surface area (Å²) < 4.78 is 2.16. The number of rotatable bonds is 6. The van der Waals surface area contributed by atoms with Gasteiger partial charge >= 0.3 is 0 Å². The molecule has 2 unspecified atom stereocenters. The van der Waals surface area contributed by atoms with Gasteiger partial charge in [0.1, 0.15) is 6.04 Å². The van der Waals surface area contributed by atoms with Gasteiger partial charge in [0.25, 0.3) is 11.8 Å². The van der Waals surface area contributed by atoms with Crippen LogP contribution in [0.5, 0.6) is 0 Å². The van der Waals surface area contributed by atoms with Crippen molar-refractivity contribution in [2.24, 2.45) is 7.05 Å². The van der Waals surface area contributed by atoms with Crippen molar-refractivity contribution in [1.82, 2.24) is 20.3 Å². The molecular weight excluding hydrogens is 524 g/mol. The topological polar surface area (TPSA) is 83.4 Å². The number of aromatic nitrogens is 1. The Morgan fingerprint density at radius 1 is 0.833 bits per heavy atom. The Morgan fingerprint density at radius 2 is 1.50 bits per heavy atom. The van der Waals surface area contributed by atoms with Gasteiger partial charge in [-0.05, 0) is 42.7 Å². The van der Waals surface area contributed by atoms with Crippen LogP contribution in [0.1, 0.15) is 45.6 Å². The predicted octanol–water partition coefficient (Wildman–Crippen LogP) is 5.48. The van der Waals surface area contributed by atoms with Crippen molar-refractivity contribution < 1.29 is 14.4 Å². The van der Waals surface area contributed by atoms with Gasteiger partial charge in [0, 0.05) is 29.1 Å². The second-order valence-electron chi connectivity index (χ2n) is 10.8. The summed E-state index contributed by atoms with van der Waals surface area (Å²) in [7, 11) is 2.03. The van der Waals surface area contributed by atoms with E-state index >= 15 is 0 Å². The highest BCUT2D eigenvalue weighted by atomic mass is 16.2. The smallest absolute Gasteiger partial charge is 0.260 e. The van der Waals surface area contributed by atoms with Crippen LogP contribution in [0.2, 0.25) is 0 Å². The molecule has 7 nitrogen and oxygen atoms in total. The summed E-state index contributed by atoms with van der Waals surface area (Å²) in [6, 6.07) is 31.9. The second-order valence-corrected chi connectivity index (χ2v) is 10.8. The minimum Gasteiger partial charge on any atom is -0.343 e. The largest absolute Gasteiger partial charge is 0.343 e. The quantitative estimate of drug-likeness (QED) is 0.272. The van der Waals surface area contributed by atoms with E-state index < -0.39 is 18.0 Å². The van der Waals surface area contributed by atoms with Crippen LogP contribution in [-0.4, -0.2) is 33.2 Å². The minimum atomic E-state index is -0.878. The van der Waals surface area contributed by atoms with E-state index in [1.165, 1.54) is 0 Å². The summed E-state index contributed by atoms with van der Waals surface area (Å²) >= 11 is 0. The standard InChI is InChI=1S/C35H32N4O3/c1-22-17-19-25(20-18-22)32-31(28-15-9-10-16-29(28)38(32)3)33-26-13-7-8-14-27(26)35(42)39(33)23(2)34(41)37-36-30(40)21-24-11-5-4-6-12-24/h4-20,23,33H,21H2,1-3H3,(H,36,40)(H,37,41). The van der Waals surface area contributed by atoms with Gasteiger partial charge in [-0.25, -0.2) is 0 Å². The summed E-state index contributed by atoms with van der Waals surface area (Å²) in [5, 5.41) is 1.01. The Morgan fingerprint density at radius 3 is 2.26 bits per heavy atom. The SMILES string of the molecule is Cc1ccc(-c2c(C3c4ccccc4C(=O)N3C(C)C(=O)NNC(=O)Cc3ccccc3)c3ccccc3n2C)cc1. The predicted molar refractivity (Wildman–Crippen MR) is 163 cm³/mol. The zero-order chi connectivity index (χ0) is 29.4. The molecule has 7 heteroatoms. The van der Waals surface area contributed by atoms with E-state index in [0.717, 1.165) is 44.4 Å². The molecule has 2 atom stereocenters. The summed E-state index contributed by atoms with van der Waals surface area (Å²) in [5.41, 5.74) is 12.5. The lowest BCUT2D eigenvalue weighted by Gasteiger charge is -2.31. The lowest BCUT2D eigenvalue weighted by atomic mass is 9.92. The lowest BCUT2D eigenvalue weighted by molar-refractivity contribution is -0.131. The Bertz CT molecular complexity index is 1810. The van der Waals surface area contributed by atoms with E-state index in [9.17, 15) is 14.4 Å². The third-order valence-corrected chi connectivity index (χ3v) is 8.07. The third kappa shape index (κ3) is 4.73. The summed E-state index contributed by atoms with van der Waals surface area (Å²) in [5.74, 6) is -1.04. The van der Waals surface area contributed by atoms with E-state index in [1.807, 2.05) is 73.8 Å². The maximum absolute atomic E-state index is 14.0. The van der Waals surface area contributed by atoms with E-state index in [0.29, 0.717) is 5.56 Å². The van der Waals surface area contributed by atoms with Gasteiger partial charge in [0.05, 0.1) is 18.2 Å². The first-order chi connectivity index (χ1) is 20.3. The van der Waals surface area contributed by atoms with Crippen molar-refractivity contribution >= 4 is 28.6 Å². The molecule has 0 radical (unpaired) electrons. The van der Waals surface area contributed by atoms with E-state index in [2.05, 4.69) is 58.7 Å². The summed E-state index contributed by atoms with van der Waals surface area (Å²) in [6.45, 7) is 3.75. The van der Waals surface area contributed by atoms with E-state index in [1.54, 1.807) is 11.8 Å². The van der Waals surface area contributed by atoms with Gasteiger partial charge in [-0.15, -0.1) is 0 Å². The van der Waals surface area contributed by atoms with Gasteiger partial charge in [0.2, 0.25) is 5.91 Å². The molecule has 0 saturated heterocycles. The van der Waals surface area contributed by atoms with Crippen molar-refractivity contribution in [3.63, 3.8) is 0 Å². The molecule has 5 aromatic rings. The van der Waals surface area contributed by atoms with Crippen molar-refractivity contribution in [2.75, 3.05) is 0 Å². The number of carbonyl (C=O) groups excluding carboxylic acids is 3. The highest BCUT2D eigenvalue weighted by Crippen LogP contribution is 2.47. The van der Waals surface area contributed by atoms with Crippen molar-refractivity contribution in [1.29, 1.82) is 0 Å². The molecular formula is C35H32N4O3. The molecule has 0 saturated carbocycles. The Labute approximate surface area is 244 Å². The lowest BCUT2D eigenvalue weighted by Crippen LogP contribution is -2.52. The molecule has 1 aliphatic heterocycles. The van der Waals surface area contributed by atoms with Crippen LogP contribution in [0.3, 0.4) is 0 Å². The molecule has 1 aromatic heterocycles. The highest BCUT2D eigenvalue weighted by molar-refractivity contribution is 6.04. The zero-order valence-electron chi connectivity index (χ0n) is 23.8. The average molecular weight is 557 g/mol. The normalized spacial score (nSPS) is 15.0. The van der Waals surface area contributed by atoms with Gasteiger partial charge in [-0.2, -0.15) is 0 Å². The second kappa shape index (κ2) is 11.0. The first-order valence-electron chi connectivity index (χ1n) is 14.0. The first kappa shape index (κ1) is 27.0. The first-order valence-corrected chi connectivity index (χ1v) is 14.0. The maximum atomic E-state index is 14.0. The highest BCUT2D eigenvalue weighted by Gasteiger charge is 2.44.